The maximum Gasteiger partial charge on any atom is 0.110 e. The number of nitrogens with one attached hydrogen (secondary N) is 1. The molecule has 20 heavy (non-hydrogen) atoms. The van der Waals surface area contributed by atoms with Crippen LogP contribution in [0.25, 0.3) is 0 Å². The van der Waals surface area contributed by atoms with Crippen LogP contribution in [0.3, 0.4) is 0 Å². The largest absolute Gasteiger partial charge is 0.302 e. The van der Waals surface area contributed by atoms with Crippen molar-refractivity contribution >= 4 is 22.9 Å². The third-order valence-corrected chi connectivity index (χ3v) is 4.86. The van der Waals surface area contributed by atoms with Gasteiger partial charge in [-0.1, -0.05) is 18.5 Å². The molecule has 0 radical (unpaired) electrons. The average molecular weight is 313 g/mol. The molecule has 2 aromatic heterocycles. The summed E-state index contributed by atoms with van der Waals surface area (Å²) in [5, 5.41) is 12.0. The number of halogens is 1. The first-order chi connectivity index (χ1) is 9.56. The molecule has 1 atom stereocenters. The van der Waals surface area contributed by atoms with E-state index < -0.39 is 0 Å². The van der Waals surface area contributed by atoms with E-state index in [1.165, 1.54) is 0 Å². The van der Waals surface area contributed by atoms with Crippen LogP contribution >= 0.6 is 22.9 Å². The van der Waals surface area contributed by atoms with Crippen LogP contribution in [0.1, 0.15) is 48.9 Å². The van der Waals surface area contributed by atoms with Gasteiger partial charge in [0.1, 0.15) is 5.01 Å². The Hall–Kier alpha value is -0.910. The molecule has 0 aliphatic rings. The van der Waals surface area contributed by atoms with Crippen LogP contribution < -0.4 is 5.32 Å². The van der Waals surface area contributed by atoms with Crippen LogP contribution in [0.4, 0.5) is 0 Å². The molecule has 4 nitrogen and oxygen atoms in total. The Bertz CT molecular complexity index is 576. The van der Waals surface area contributed by atoms with Crippen molar-refractivity contribution in [3.8, 4) is 0 Å². The van der Waals surface area contributed by atoms with E-state index in [0.29, 0.717) is 6.54 Å². The summed E-state index contributed by atoms with van der Waals surface area (Å²) in [7, 11) is 0. The van der Waals surface area contributed by atoms with Crippen molar-refractivity contribution in [1.29, 1.82) is 0 Å². The second kappa shape index (κ2) is 6.70. The van der Waals surface area contributed by atoms with E-state index >= 15 is 0 Å². The van der Waals surface area contributed by atoms with Crippen molar-refractivity contribution in [2.45, 2.75) is 53.2 Å². The summed E-state index contributed by atoms with van der Waals surface area (Å²) in [6, 6.07) is 0.218. The molecule has 6 heteroatoms. The van der Waals surface area contributed by atoms with E-state index in [1.807, 2.05) is 11.6 Å². The van der Waals surface area contributed by atoms with Crippen molar-refractivity contribution in [1.82, 2.24) is 20.1 Å². The Balaban J connectivity index is 2.08. The van der Waals surface area contributed by atoms with Gasteiger partial charge >= 0.3 is 0 Å². The van der Waals surface area contributed by atoms with Gasteiger partial charge in [0, 0.05) is 24.2 Å². The first kappa shape index (κ1) is 15.5. The molecule has 2 rings (SSSR count). The van der Waals surface area contributed by atoms with Crippen molar-refractivity contribution < 1.29 is 0 Å². The van der Waals surface area contributed by atoms with Crippen LogP contribution in [0.15, 0.2) is 5.38 Å². The summed E-state index contributed by atoms with van der Waals surface area (Å²) in [6.45, 7) is 9.84. The highest BCUT2D eigenvalue weighted by Gasteiger charge is 2.16. The van der Waals surface area contributed by atoms with Gasteiger partial charge in [-0.25, -0.2) is 4.98 Å². The van der Waals surface area contributed by atoms with Gasteiger partial charge in [-0.3, -0.25) is 4.68 Å². The zero-order chi connectivity index (χ0) is 14.7. The zero-order valence-electron chi connectivity index (χ0n) is 12.4. The van der Waals surface area contributed by atoms with E-state index in [-0.39, 0.29) is 6.04 Å². The maximum atomic E-state index is 6.41. The summed E-state index contributed by atoms with van der Waals surface area (Å²) in [4.78, 5) is 4.51. The predicted molar refractivity (Wildman–Crippen MR) is 84.4 cm³/mol. The van der Waals surface area contributed by atoms with Gasteiger partial charge in [0.05, 0.1) is 22.5 Å². The highest BCUT2D eigenvalue weighted by Crippen LogP contribution is 2.23. The third-order valence-electron chi connectivity index (χ3n) is 3.28. The summed E-state index contributed by atoms with van der Waals surface area (Å²) < 4.78 is 1.98. The van der Waals surface area contributed by atoms with Crippen molar-refractivity contribution in [3.05, 3.63) is 32.5 Å². The van der Waals surface area contributed by atoms with Crippen molar-refractivity contribution in [3.63, 3.8) is 0 Å². The minimum absolute atomic E-state index is 0.218. The molecule has 110 valence electrons. The van der Waals surface area contributed by atoms with Gasteiger partial charge in [-0.05, 0) is 27.2 Å². The van der Waals surface area contributed by atoms with Crippen molar-refractivity contribution in [2.75, 3.05) is 0 Å². The predicted octanol–water partition coefficient (Wildman–Crippen LogP) is 3.73. The fraction of sp³-hybridized carbons (Fsp3) is 0.571. The fourth-order valence-corrected chi connectivity index (χ4v) is 3.26. The van der Waals surface area contributed by atoms with Gasteiger partial charge in [-0.15, -0.1) is 11.3 Å². The monoisotopic (exact) mass is 312 g/mol. The number of thiazole rings is 1. The Morgan fingerprint density at radius 1 is 1.45 bits per heavy atom. The Labute approximate surface area is 129 Å². The molecule has 2 aromatic rings. The lowest BCUT2D eigenvalue weighted by atomic mass is 10.2. The molecule has 0 aliphatic carbocycles. The molecular formula is C14H21ClN4S. The van der Waals surface area contributed by atoms with Crippen LogP contribution in [0.5, 0.6) is 0 Å². The number of hydrogen-bond donors (Lipinski definition) is 1. The molecule has 0 saturated carbocycles. The standard InChI is InChI=1S/C14H21ClN4S/c1-5-11-13(15)12(19(6-2)18-11)7-16-10(4)14-17-9(3)8-20-14/h8,10,16H,5-7H2,1-4H3. The number of rotatable bonds is 6. The van der Waals surface area contributed by atoms with E-state index in [4.69, 9.17) is 11.6 Å². The molecule has 1 unspecified atom stereocenters. The zero-order valence-corrected chi connectivity index (χ0v) is 14.0. The van der Waals surface area contributed by atoms with Gasteiger partial charge in [0.2, 0.25) is 0 Å². The number of aromatic nitrogens is 3. The summed E-state index contributed by atoms with van der Waals surface area (Å²) >= 11 is 8.09. The minimum Gasteiger partial charge on any atom is -0.302 e. The number of hydrogen-bond acceptors (Lipinski definition) is 4. The molecular weight excluding hydrogens is 292 g/mol. The lowest BCUT2D eigenvalue weighted by Gasteiger charge is -2.12. The van der Waals surface area contributed by atoms with Gasteiger partial charge in [0.25, 0.3) is 0 Å². The molecule has 0 bridgehead atoms. The SMILES string of the molecule is CCc1nn(CC)c(CNC(C)c2nc(C)cs2)c1Cl. The third kappa shape index (κ3) is 3.22. The van der Waals surface area contributed by atoms with Gasteiger partial charge in [-0.2, -0.15) is 5.10 Å². The smallest absolute Gasteiger partial charge is 0.110 e. The average Bonchev–Trinajstić information content (AvgIpc) is 3.00. The molecule has 1 N–H and O–H groups in total. The van der Waals surface area contributed by atoms with Crippen molar-refractivity contribution in [2.24, 2.45) is 0 Å². The lowest BCUT2D eigenvalue weighted by Crippen LogP contribution is -2.20. The van der Waals surface area contributed by atoms with Crippen LogP contribution in [-0.2, 0) is 19.5 Å². The van der Waals surface area contributed by atoms with Crippen LogP contribution in [0.2, 0.25) is 5.02 Å². The number of nitrogens with zero attached hydrogens (tertiary/aromatic N) is 3. The molecule has 0 spiro atoms. The normalized spacial score (nSPS) is 12.8. The highest BCUT2D eigenvalue weighted by molar-refractivity contribution is 7.09. The van der Waals surface area contributed by atoms with Crippen LogP contribution in [-0.4, -0.2) is 14.8 Å². The summed E-state index contributed by atoms with van der Waals surface area (Å²) in [6.07, 6.45) is 0.861. The first-order valence-electron chi connectivity index (χ1n) is 6.96. The van der Waals surface area contributed by atoms with Crippen LogP contribution in [0, 0.1) is 6.92 Å². The lowest BCUT2D eigenvalue weighted by molar-refractivity contribution is 0.528. The topological polar surface area (TPSA) is 42.7 Å². The summed E-state index contributed by atoms with van der Waals surface area (Å²) in [5.41, 5.74) is 3.11. The molecule has 0 fully saturated rings. The molecule has 0 saturated heterocycles. The van der Waals surface area contributed by atoms with E-state index in [9.17, 15) is 0 Å². The van der Waals surface area contributed by atoms with E-state index in [0.717, 1.165) is 40.1 Å². The molecule has 0 amide bonds. The van der Waals surface area contributed by atoms with E-state index in [2.05, 4.69) is 41.6 Å². The second-order valence-electron chi connectivity index (χ2n) is 4.81. The van der Waals surface area contributed by atoms with Gasteiger partial charge in [0.15, 0.2) is 0 Å². The maximum absolute atomic E-state index is 6.41. The highest BCUT2D eigenvalue weighted by atomic mass is 35.5. The second-order valence-corrected chi connectivity index (χ2v) is 6.07. The Morgan fingerprint density at radius 2 is 2.20 bits per heavy atom. The summed E-state index contributed by atoms with van der Waals surface area (Å²) in [5.74, 6) is 0. The minimum atomic E-state index is 0.218. The molecule has 0 aromatic carbocycles. The molecule has 0 aliphatic heterocycles. The Morgan fingerprint density at radius 3 is 2.75 bits per heavy atom. The molecule has 2 heterocycles. The fourth-order valence-electron chi connectivity index (χ4n) is 2.09. The number of aryl methyl sites for hydroxylation is 3. The quantitative estimate of drug-likeness (QED) is 0.883. The van der Waals surface area contributed by atoms with E-state index in [1.54, 1.807) is 11.3 Å². The Kier molecular flexibility index (Phi) is 5.18. The first-order valence-corrected chi connectivity index (χ1v) is 8.22. The van der Waals surface area contributed by atoms with Gasteiger partial charge < -0.3 is 5.32 Å².